The van der Waals surface area contributed by atoms with Crippen molar-refractivity contribution in [3.05, 3.63) is 95.0 Å². The van der Waals surface area contributed by atoms with Gasteiger partial charge in [-0.25, -0.2) is 0 Å². The highest BCUT2D eigenvalue weighted by Gasteiger charge is 2.33. The zero-order valence-electron chi connectivity index (χ0n) is 16.2. The number of carbonyl (C=O) groups excluding carboxylic acids is 1. The van der Waals surface area contributed by atoms with Crippen molar-refractivity contribution in [2.75, 3.05) is 18.1 Å². The summed E-state index contributed by atoms with van der Waals surface area (Å²) in [5, 5.41) is 4.02. The SMILES string of the molecule is CC(NCC(=O)N1c2ccccc2OCC1c1ccccc1)c1ccccc1Cl. The molecular weight excluding hydrogens is 384 g/mol. The van der Waals surface area contributed by atoms with E-state index in [0.29, 0.717) is 11.6 Å². The fraction of sp³-hybridized carbons (Fsp3) is 0.208. The first-order valence-electron chi connectivity index (χ1n) is 9.72. The van der Waals surface area contributed by atoms with Crippen molar-refractivity contribution in [2.24, 2.45) is 0 Å². The van der Waals surface area contributed by atoms with Gasteiger partial charge in [0.1, 0.15) is 12.4 Å². The molecule has 3 aromatic carbocycles. The molecule has 29 heavy (non-hydrogen) atoms. The van der Waals surface area contributed by atoms with Gasteiger partial charge in [-0.2, -0.15) is 0 Å². The number of hydrogen-bond acceptors (Lipinski definition) is 3. The molecule has 1 aliphatic heterocycles. The Labute approximate surface area is 176 Å². The lowest BCUT2D eigenvalue weighted by Crippen LogP contribution is -2.45. The maximum absolute atomic E-state index is 13.3. The van der Waals surface area contributed by atoms with Crippen molar-refractivity contribution in [2.45, 2.75) is 19.0 Å². The van der Waals surface area contributed by atoms with Gasteiger partial charge in [0.15, 0.2) is 0 Å². The zero-order chi connectivity index (χ0) is 20.2. The zero-order valence-corrected chi connectivity index (χ0v) is 17.0. The van der Waals surface area contributed by atoms with E-state index in [1.165, 1.54) is 0 Å². The van der Waals surface area contributed by atoms with Gasteiger partial charge < -0.3 is 10.1 Å². The average Bonchev–Trinajstić information content (AvgIpc) is 2.77. The minimum atomic E-state index is -0.170. The molecule has 1 aliphatic rings. The van der Waals surface area contributed by atoms with Crippen molar-refractivity contribution >= 4 is 23.2 Å². The maximum Gasteiger partial charge on any atom is 0.241 e. The lowest BCUT2D eigenvalue weighted by Gasteiger charge is -2.37. The number of nitrogens with zero attached hydrogens (tertiary/aromatic N) is 1. The molecule has 0 saturated carbocycles. The fourth-order valence-corrected chi connectivity index (χ4v) is 3.98. The van der Waals surface area contributed by atoms with Crippen LogP contribution in [0.25, 0.3) is 0 Å². The van der Waals surface area contributed by atoms with Crippen LogP contribution >= 0.6 is 11.6 Å². The van der Waals surface area contributed by atoms with Crippen LogP contribution in [0.3, 0.4) is 0 Å². The van der Waals surface area contributed by atoms with E-state index < -0.39 is 0 Å². The van der Waals surface area contributed by atoms with Crippen molar-refractivity contribution in [3.63, 3.8) is 0 Å². The summed E-state index contributed by atoms with van der Waals surface area (Å²) < 4.78 is 5.95. The third-order valence-electron chi connectivity index (χ3n) is 5.22. The van der Waals surface area contributed by atoms with Crippen LogP contribution in [-0.2, 0) is 4.79 Å². The van der Waals surface area contributed by atoms with Crippen LogP contribution < -0.4 is 15.0 Å². The molecule has 0 aliphatic carbocycles. The highest BCUT2D eigenvalue weighted by Crippen LogP contribution is 2.39. The molecule has 0 radical (unpaired) electrons. The number of amides is 1. The summed E-state index contributed by atoms with van der Waals surface area (Å²) >= 11 is 6.30. The Hall–Kier alpha value is -2.82. The molecule has 0 bridgehead atoms. The van der Waals surface area contributed by atoms with E-state index >= 15 is 0 Å². The van der Waals surface area contributed by atoms with E-state index in [1.54, 1.807) is 0 Å². The number of anilines is 1. The van der Waals surface area contributed by atoms with E-state index in [9.17, 15) is 4.79 Å². The molecule has 2 atom stereocenters. The van der Waals surface area contributed by atoms with E-state index in [1.807, 2.05) is 90.7 Å². The lowest BCUT2D eigenvalue weighted by atomic mass is 10.0. The normalized spacial score (nSPS) is 16.6. The smallest absolute Gasteiger partial charge is 0.241 e. The second-order valence-corrected chi connectivity index (χ2v) is 7.50. The average molecular weight is 407 g/mol. The first kappa shape index (κ1) is 19.5. The van der Waals surface area contributed by atoms with Gasteiger partial charge in [-0.15, -0.1) is 0 Å². The van der Waals surface area contributed by atoms with E-state index in [0.717, 1.165) is 22.6 Å². The molecule has 148 valence electrons. The van der Waals surface area contributed by atoms with Gasteiger partial charge in [0.25, 0.3) is 0 Å². The summed E-state index contributed by atoms with van der Waals surface area (Å²) in [6, 6.07) is 25.1. The third-order valence-corrected chi connectivity index (χ3v) is 5.56. The Morgan fingerprint density at radius 1 is 1.07 bits per heavy atom. The Morgan fingerprint density at radius 3 is 2.55 bits per heavy atom. The molecule has 4 rings (SSSR count). The van der Waals surface area contributed by atoms with E-state index in [2.05, 4.69) is 5.32 Å². The molecule has 4 nitrogen and oxygen atoms in total. The van der Waals surface area contributed by atoms with Crippen LogP contribution in [-0.4, -0.2) is 19.1 Å². The molecule has 2 unspecified atom stereocenters. The number of halogens is 1. The topological polar surface area (TPSA) is 41.6 Å². The van der Waals surface area contributed by atoms with E-state index in [4.69, 9.17) is 16.3 Å². The van der Waals surface area contributed by atoms with Gasteiger partial charge in [0, 0.05) is 11.1 Å². The summed E-state index contributed by atoms with van der Waals surface area (Å²) in [5.41, 5.74) is 2.82. The number of rotatable bonds is 5. The minimum absolute atomic E-state index is 0.00601. The Bertz CT molecular complexity index is 993. The number of benzene rings is 3. The number of para-hydroxylation sites is 2. The Morgan fingerprint density at radius 2 is 1.76 bits per heavy atom. The van der Waals surface area contributed by atoms with E-state index in [-0.39, 0.29) is 24.5 Å². The van der Waals surface area contributed by atoms with Crippen LogP contribution in [0.4, 0.5) is 5.69 Å². The van der Waals surface area contributed by atoms with Crippen molar-refractivity contribution < 1.29 is 9.53 Å². The summed E-state index contributed by atoms with van der Waals surface area (Å²) in [6.07, 6.45) is 0. The minimum Gasteiger partial charge on any atom is -0.489 e. The van der Waals surface area contributed by atoms with Crippen LogP contribution in [0.2, 0.25) is 5.02 Å². The second kappa shape index (κ2) is 8.68. The quantitative estimate of drug-likeness (QED) is 0.636. The second-order valence-electron chi connectivity index (χ2n) is 7.09. The monoisotopic (exact) mass is 406 g/mol. The largest absolute Gasteiger partial charge is 0.489 e. The number of carbonyl (C=O) groups is 1. The highest BCUT2D eigenvalue weighted by molar-refractivity contribution is 6.31. The molecule has 0 aromatic heterocycles. The summed E-state index contributed by atoms with van der Waals surface area (Å²) in [4.78, 5) is 15.2. The summed E-state index contributed by atoms with van der Waals surface area (Å²) in [7, 11) is 0. The van der Waals surface area contributed by atoms with Crippen LogP contribution in [0.5, 0.6) is 5.75 Å². The number of ether oxygens (including phenoxy) is 1. The number of nitrogens with one attached hydrogen (secondary N) is 1. The van der Waals surface area contributed by atoms with Crippen molar-refractivity contribution in [1.82, 2.24) is 5.32 Å². The lowest BCUT2D eigenvalue weighted by molar-refractivity contribution is -0.118. The first-order chi connectivity index (χ1) is 14.1. The van der Waals surface area contributed by atoms with Crippen LogP contribution in [0.15, 0.2) is 78.9 Å². The van der Waals surface area contributed by atoms with Crippen molar-refractivity contribution in [1.29, 1.82) is 0 Å². The third kappa shape index (κ3) is 4.14. The van der Waals surface area contributed by atoms with Gasteiger partial charge >= 0.3 is 0 Å². The predicted molar refractivity (Wildman–Crippen MR) is 116 cm³/mol. The molecule has 1 amide bonds. The fourth-order valence-electron chi connectivity index (χ4n) is 3.68. The summed E-state index contributed by atoms with van der Waals surface area (Å²) in [6.45, 7) is 2.63. The summed E-state index contributed by atoms with van der Waals surface area (Å²) in [5.74, 6) is 0.723. The highest BCUT2D eigenvalue weighted by atomic mass is 35.5. The van der Waals surface area contributed by atoms with Crippen molar-refractivity contribution in [3.8, 4) is 5.75 Å². The first-order valence-corrected chi connectivity index (χ1v) is 10.1. The van der Waals surface area contributed by atoms with Gasteiger partial charge in [-0.1, -0.05) is 72.3 Å². The maximum atomic E-state index is 13.3. The Kier molecular flexibility index (Phi) is 5.84. The molecule has 0 fully saturated rings. The molecule has 1 N–H and O–H groups in total. The molecule has 0 spiro atoms. The molecule has 5 heteroatoms. The number of hydrogen-bond donors (Lipinski definition) is 1. The van der Waals surface area contributed by atoms with Gasteiger partial charge in [0.05, 0.1) is 18.3 Å². The molecule has 0 saturated heterocycles. The van der Waals surface area contributed by atoms with Crippen LogP contribution in [0.1, 0.15) is 30.1 Å². The molecular formula is C24H23ClN2O2. The van der Waals surface area contributed by atoms with Gasteiger partial charge in [-0.05, 0) is 36.2 Å². The van der Waals surface area contributed by atoms with Crippen LogP contribution in [0, 0.1) is 0 Å². The standard InChI is InChI=1S/C24H23ClN2O2/c1-17(19-11-5-6-12-20(19)25)26-15-24(28)27-21-13-7-8-14-23(21)29-16-22(27)18-9-3-2-4-10-18/h2-14,17,22,26H,15-16H2,1H3. The predicted octanol–water partition coefficient (Wildman–Crippen LogP) is 5.16. The van der Waals surface area contributed by atoms with Gasteiger partial charge in [-0.3, -0.25) is 9.69 Å². The number of fused-ring (bicyclic) bond motifs is 1. The molecule has 1 heterocycles. The molecule has 3 aromatic rings. The van der Waals surface area contributed by atoms with Gasteiger partial charge in [0.2, 0.25) is 5.91 Å². The Balaban J connectivity index is 1.57.